The number of rotatable bonds is 3. The molecule has 1 aliphatic heterocycles. The molecule has 3 rings (SSSR count). The van der Waals surface area contributed by atoms with Crippen molar-refractivity contribution in [1.29, 1.82) is 0 Å². The second-order valence-electron chi connectivity index (χ2n) is 4.43. The molecule has 0 bridgehead atoms. The van der Waals surface area contributed by atoms with E-state index < -0.39 is 0 Å². The first kappa shape index (κ1) is 13.1. The molecule has 1 N–H and O–H groups in total. The summed E-state index contributed by atoms with van der Waals surface area (Å²) in [6, 6.07) is 11.6. The standard InChI is InChI=1S/C15H14BrN3O/c16-11-4-1-5-12(10-11)20-15-13(6-2-7-19-15)14-17-8-3-9-18-14/h1-2,4-7,10H,3,8-9H2,(H,17,18). The minimum atomic E-state index is 0.568. The van der Waals surface area contributed by atoms with E-state index in [4.69, 9.17) is 4.74 Å². The number of nitrogens with zero attached hydrogens (tertiary/aromatic N) is 2. The van der Waals surface area contributed by atoms with E-state index in [0.29, 0.717) is 5.88 Å². The van der Waals surface area contributed by atoms with Crippen LogP contribution in [-0.4, -0.2) is 23.9 Å². The summed E-state index contributed by atoms with van der Waals surface area (Å²) in [6.45, 7) is 1.78. The number of halogens is 1. The minimum Gasteiger partial charge on any atom is -0.438 e. The molecule has 0 saturated carbocycles. The van der Waals surface area contributed by atoms with Gasteiger partial charge >= 0.3 is 0 Å². The molecule has 0 unspecified atom stereocenters. The van der Waals surface area contributed by atoms with Gasteiger partial charge in [-0.05, 0) is 36.8 Å². The molecular weight excluding hydrogens is 318 g/mol. The van der Waals surface area contributed by atoms with E-state index >= 15 is 0 Å². The highest BCUT2D eigenvalue weighted by Gasteiger charge is 2.14. The Balaban J connectivity index is 1.92. The van der Waals surface area contributed by atoms with Crippen molar-refractivity contribution in [3.63, 3.8) is 0 Å². The molecule has 0 saturated heterocycles. The number of hydrogen-bond donors (Lipinski definition) is 1. The van der Waals surface area contributed by atoms with Crippen LogP contribution in [0, 0.1) is 0 Å². The van der Waals surface area contributed by atoms with Gasteiger partial charge in [0.05, 0.1) is 5.56 Å². The average Bonchev–Trinajstić information content (AvgIpc) is 2.49. The van der Waals surface area contributed by atoms with Crippen LogP contribution in [0.3, 0.4) is 0 Å². The zero-order valence-electron chi connectivity index (χ0n) is 10.8. The zero-order chi connectivity index (χ0) is 13.8. The quantitative estimate of drug-likeness (QED) is 0.937. The molecule has 0 fully saturated rings. The Kier molecular flexibility index (Phi) is 3.97. The highest BCUT2D eigenvalue weighted by molar-refractivity contribution is 9.10. The van der Waals surface area contributed by atoms with E-state index in [1.54, 1.807) is 6.20 Å². The number of ether oxygens (including phenoxy) is 1. The SMILES string of the molecule is Brc1cccc(Oc2ncccc2C2=NCCCN2)c1. The first-order valence-electron chi connectivity index (χ1n) is 6.50. The zero-order valence-corrected chi connectivity index (χ0v) is 12.4. The molecule has 2 heterocycles. The first-order chi connectivity index (χ1) is 9.83. The van der Waals surface area contributed by atoms with Gasteiger partial charge in [-0.2, -0.15) is 0 Å². The molecule has 1 aromatic carbocycles. The third-order valence-electron chi connectivity index (χ3n) is 2.93. The van der Waals surface area contributed by atoms with Crippen LogP contribution in [-0.2, 0) is 0 Å². The minimum absolute atomic E-state index is 0.568. The van der Waals surface area contributed by atoms with Crippen molar-refractivity contribution in [3.8, 4) is 11.6 Å². The number of benzene rings is 1. The molecule has 2 aromatic rings. The molecule has 4 nitrogen and oxygen atoms in total. The Morgan fingerprint density at radius 2 is 2.15 bits per heavy atom. The Morgan fingerprint density at radius 3 is 2.95 bits per heavy atom. The maximum Gasteiger partial charge on any atom is 0.230 e. The van der Waals surface area contributed by atoms with Crippen molar-refractivity contribution in [3.05, 3.63) is 52.6 Å². The predicted molar refractivity (Wildman–Crippen MR) is 82.5 cm³/mol. The van der Waals surface area contributed by atoms with Crippen LogP contribution in [0.5, 0.6) is 11.6 Å². The summed E-state index contributed by atoms with van der Waals surface area (Å²) in [6.07, 6.45) is 2.78. The molecule has 1 aromatic heterocycles. The maximum absolute atomic E-state index is 5.88. The van der Waals surface area contributed by atoms with Crippen LogP contribution >= 0.6 is 15.9 Å². The summed E-state index contributed by atoms with van der Waals surface area (Å²) in [7, 11) is 0. The van der Waals surface area contributed by atoms with Crippen LogP contribution < -0.4 is 10.1 Å². The van der Waals surface area contributed by atoms with E-state index in [2.05, 4.69) is 31.2 Å². The van der Waals surface area contributed by atoms with Gasteiger partial charge in [-0.3, -0.25) is 4.99 Å². The first-order valence-corrected chi connectivity index (χ1v) is 7.29. The number of aliphatic imine (C=N–C) groups is 1. The lowest BCUT2D eigenvalue weighted by Crippen LogP contribution is -2.30. The molecule has 0 aliphatic carbocycles. The fourth-order valence-electron chi connectivity index (χ4n) is 2.01. The smallest absolute Gasteiger partial charge is 0.230 e. The van der Waals surface area contributed by atoms with Crippen molar-refractivity contribution in [2.45, 2.75) is 6.42 Å². The monoisotopic (exact) mass is 331 g/mol. The maximum atomic E-state index is 5.88. The molecule has 0 amide bonds. The van der Waals surface area contributed by atoms with Crippen molar-refractivity contribution in [2.75, 3.05) is 13.1 Å². The van der Waals surface area contributed by atoms with Crippen LogP contribution in [0.4, 0.5) is 0 Å². The number of nitrogens with one attached hydrogen (secondary N) is 1. The van der Waals surface area contributed by atoms with Gasteiger partial charge in [0.1, 0.15) is 11.6 Å². The average molecular weight is 332 g/mol. The molecule has 5 heteroatoms. The largest absolute Gasteiger partial charge is 0.438 e. The van der Waals surface area contributed by atoms with Crippen LogP contribution in [0.15, 0.2) is 52.1 Å². The Morgan fingerprint density at radius 1 is 1.20 bits per heavy atom. The summed E-state index contributed by atoms with van der Waals surface area (Å²) < 4.78 is 6.85. The lowest BCUT2D eigenvalue weighted by Gasteiger charge is -2.16. The van der Waals surface area contributed by atoms with E-state index in [9.17, 15) is 0 Å². The van der Waals surface area contributed by atoms with Crippen LogP contribution in [0.25, 0.3) is 0 Å². The molecule has 20 heavy (non-hydrogen) atoms. The van der Waals surface area contributed by atoms with E-state index in [0.717, 1.165) is 41.1 Å². The Bertz CT molecular complexity index is 643. The summed E-state index contributed by atoms with van der Waals surface area (Å²) in [5.41, 5.74) is 0.896. The number of aromatic nitrogens is 1. The van der Waals surface area contributed by atoms with Gasteiger partial charge in [0.2, 0.25) is 5.88 Å². The molecule has 0 radical (unpaired) electrons. The normalized spacial score (nSPS) is 14.3. The van der Waals surface area contributed by atoms with Crippen molar-refractivity contribution >= 4 is 21.8 Å². The second kappa shape index (κ2) is 6.05. The van der Waals surface area contributed by atoms with E-state index in [1.165, 1.54) is 0 Å². The lowest BCUT2D eigenvalue weighted by atomic mass is 10.2. The van der Waals surface area contributed by atoms with Crippen LogP contribution in [0.2, 0.25) is 0 Å². The van der Waals surface area contributed by atoms with Gasteiger partial charge in [0.25, 0.3) is 0 Å². The Hall–Kier alpha value is -1.88. The van der Waals surface area contributed by atoms with Gasteiger partial charge in [-0.15, -0.1) is 0 Å². The van der Waals surface area contributed by atoms with Crippen molar-refractivity contribution in [1.82, 2.24) is 10.3 Å². The van der Waals surface area contributed by atoms with Gasteiger partial charge < -0.3 is 10.1 Å². The van der Waals surface area contributed by atoms with Crippen LogP contribution in [0.1, 0.15) is 12.0 Å². The number of pyridine rings is 1. The highest BCUT2D eigenvalue weighted by Crippen LogP contribution is 2.25. The highest BCUT2D eigenvalue weighted by atomic mass is 79.9. The topological polar surface area (TPSA) is 46.5 Å². The van der Waals surface area contributed by atoms with Gasteiger partial charge in [0, 0.05) is 23.8 Å². The third kappa shape index (κ3) is 2.99. The van der Waals surface area contributed by atoms with E-state index in [-0.39, 0.29) is 0 Å². The molecule has 1 aliphatic rings. The van der Waals surface area contributed by atoms with Crippen molar-refractivity contribution in [2.24, 2.45) is 4.99 Å². The molecular formula is C15H14BrN3O. The van der Waals surface area contributed by atoms with Gasteiger partial charge in [0.15, 0.2) is 0 Å². The summed E-state index contributed by atoms with van der Waals surface area (Å²) in [5.74, 6) is 2.17. The predicted octanol–water partition coefficient (Wildman–Crippen LogP) is 3.38. The van der Waals surface area contributed by atoms with Gasteiger partial charge in [-0.25, -0.2) is 4.98 Å². The van der Waals surface area contributed by atoms with E-state index in [1.807, 2.05) is 36.4 Å². The molecule has 0 atom stereocenters. The summed E-state index contributed by atoms with van der Waals surface area (Å²) >= 11 is 3.43. The Labute approximate surface area is 126 Å². The summed E-state index contributed by atoms with van der Waals surface area (Å²) in [4.78, 5) is 8.82. The lowest BCUT2D eigenvalue weighted by molar-refractivity contribution is 0.461. The second-order valence-corrected chi connectivity index (χ2v) is 5.34. The van der Waals surface area contributed by atoms with Crippen molar-refractivity contribution < 1.29 is 4.74 Å². The van der Waals surface area contributed by atoms with Gasteiger partial charge in [-0.1, -0.05) is 22.0 Å². The fourth-order valence-corrected chi connectivity index (χ4v) is 2.39. The summed E-state index contributed by atoms with van der Waals surface area (Å²) in [5, 5.41) is 3.29. The number of amidine groups is 1. The fraction of sp³-hybridized carbons (Fsp3) is 0.200. The molecule has 0 spiro atoms. The third-order valence-corrected chi connectivity index (χ3v) is 3.43. The number of hydrogen-bond acceptors (Lipinski definition) is 4. The molecule has 102 valence electrons.